The zero-order chi connectivity index (χ0) is 13.8. The maximum Gasteiger partial charge on any atom is 0.142 e. The van der Waals surface area contributed by atoms with E-state index in [1.807, 2.05) is 24.3 Å². The summed E-state index contributed by atoms with van der Waals surface area (Å²) >= 11 is 5.99. The van der Waals surface area contributed by atoms with E-state index >= 15 is 0 Å². The molecule has 3 N–H and O–H groups in total. The molecule has 3 nitrogen and oxygen atoms in total. The van der Waals surface area contributed by atoms with Gasteiger partial charge in [0, 0.05) is 0 Å². The lowest BCUT2D eigenvalue weighted by molar-refractivity contribution is 0.413. The molecule has 0 fully saturated rings. The van der Waals surface area contributed by atoms with Crippen LogP contribution in [0, 0.1) is 5.82 Å². The van der Waals surface area contributed by atoms with Gasteiger partial charge < -0.3 is 4.74 Å². The van der Waals surface area contributed by atoms with Gasteiger partial charge in [0.1, 0.15) is 11.6 Å². The molecule has 0 radical (unpaired) electrons. The van der Waals surface area contributed by atoms with Crippen molar-refractivity contribution < 1.29 is 9.13 Å². The van der Waals surface area contributed by atoms with Crippen LogP contribution in [0.5, 0.6) is 5.75 Å². The first-order chi connectivity index (χ1) is 9.17. The van der Waals surface area contributed by atoms with Crippen LogP contribution in [-0.4, -0.2) is 7.11 Å². The molecule has 2 aromatic rings. The highest BCUT2D eigenvalue weighted by atomic mass is 35.5. The Morgan fingerprint density at radius 1 is 1.26 bits per heavy atom. The van der Waals surface area contributed by atoms with E-state index in [2.05, 4.69) is 5.43 Å². The third-order valence-electron chi connectivity index (χ3n) is 2.89. The molecule has 0 bridgehead atoms. The lowest BCUT2D eigenvalue weighted by atomic mass is 9.99. The van der Waals surface area contributed by atoms with E-state index in [4.69, 9.17) is 22.2 Å². The van der Waals surface area contributed by atoms with Gasteiger partial charge in [-0.25, -0.2) is 9.82 Å². The van der Waals surface area contributed by atoms with E-state index < -0.39 is 11.9 Å². The summed E-state index contributed by atoms with van der Waals surface area (Å²) in [5.41, 5.74) is 4.07. The van der Waals surface area contributed by atoms with Crippen molar-refractivity contribution in [3.05, 3.63) is 64.4 Å². The number of nitrogens with one attached hydrogen (secondary N) is 1. The Morgan fingerprint density at radius 2 is 2.00 bits per heavy atom. The maximum absolute atomic E-state index is 13.5. The third kappa shape index (κ3) is 2.87. The van der Waals surface area contributed by atoms with Gasteiger partial charge in [-0.2, -0.15) is 0 Å². The summed E-state index contributed by atoms with van der Waals surface area (Å²) in [6.07, 6.45) is 0. The molecule has 0 aliphatic heterocycles. The molecule has 0 aliphatic rings. The number of halogens is 2. The zero-order valence-corrected chi connectivity index (χ0v) is 11.1. The standard InChI is InChI=1S/C14H14ClFN2O/c1-19-10-5-2-4-9(8-10)14(18-17)11-6-3-7-12(16)13(11)15/h2-8,14,18H,17H2,1H3. The van der Waals surface area contributed by atoms with Crippen LogP contribution in [0.3, 0.4) is 0 Å². The Hall–Kier alpha value is -1.62. The second kappa shape index (κ2) is 6.02. The lowest BCUT2D eigenvalue weighted by Gasteiger charge is -2.19. The average molecular weight is 281 g/mol. The molecule has 0 heterocycles. The number of ether oxygens (including phenoxy) is 1. The molecule has 100 valence electrons. The van der Waals surface area contributed by atoms with Gasteiger partial charge >= 0.3 is 0 Å². The van der Waals surface area contributed by atoms with Crippen LogP contribution in [0.2, 0.25) is 5.02 Å². The minimum absolute atomic E-state index is 0.0632. The SMILES string of the molecule is COc1cccc(C(NN)c2cccc(F)c2Cl)c1. The highest BCUT2D eigenvalue weighted by Gasteiger charge is 2.18. The number of nitrogens with two attached hydrogens (primary N) is 1. The normalized spacial score (nSPS) is 12.2. The Balaban J connectivity index is 2.46. The molecule has 0 aromatic heterocycles. The van der Waals surface area contributed by atoms with Gasteiger partial charge in [0.25, 0.3) is 0 Å². The fourth-order valence-corrected chi connectivity index (χ4v) is 2.17. The number of rotatable bonds is 4. The van der Waals surface area contributed by atoms with Crippen molar-refractivity contribution in [2.24, 2.45) is 5.84 Å². The van der Waals surface area contributed by atoms with E-state index in [1.165, 1.54) is 6.07 Å². The third-order valence-corrected chi connectivity index (χ3v) is 3.29. The first kappa shape index (κ1) is 13.8. The van der Waals surface area contributed by atoms with Crippen LogP contribution in [-0.2, 0) is 0 Å². The minimum atomic E-state index is -0.470. The largest absolute Gasteiger partial charge is 0.497 e. The van der Waals surface area contributed by atoms with Crippen LogP contribution in [0.15, 0.2) is 42.5 Å². The van der Waals surface area contributed by atoms with E-state index in [1.54, 1.807) is 19.2 Å². The summed E-state index contributed by atoms with van der Waals surface area (Å²) in [4.78, 5) is 0. The Kier molecular flexibility index (Phi) is 4.37. The monoisotopic (exact) mass is 280 g/mol. The Bertz CT molecular complexity index is 577. The van der Waals surface area contributed by atoms with E-state index in [9.17, 15) is 4.39 Å². The van der Waals surface area contributed by atoms with E-state index in [-0.39, 0.29) is 5.02 Å². The zero-order valence-electron chi connectivity index (χ0n) is 10.4. The topological polar surface area (TPSA) is 47.3 Å². The molecule has 1 atom stereocenters. The molecule has 0 spiro atoms. The number of hydrogen-bond acceptors (Lipinski definition) is 3. The van der Waals surface area contributed by atoms with Crippen molar-refractivity contribution in [3.63, 3.8) is 0 Å². The predicted molar refractivity (Wildman–Crippen MR) is 73.6 cm³/mol. The van der Waals surface area contributed by atoms with Crippen LogP contribution in [0.1, 0.15) is 17.2 Å². The lowest BCUT2D eigenvalue weighted by Crippen LogP contribution is -2.29. The van der Waals surface area contributed by atoms with Crippen molar-refractivity contribution >= 4 is 11.6 Å². The fraction of sp³-hybridized carbons (Fsp3) is 0.143. The molecule has 0 amide bonds. The molecule has 2 aromatic carbocycles. The average Bonchev–Trinajstić information content (AvgIpc) is 2.44. The van der Waals surface area contributed by atoms with Crippen LogP contribution >= 0.6 is 11.6 Å². The van der Waals surface area contributed by atoms with Crippen molar-refractivity contribution in [1.82, 2.24) is 5.43 Å². The summed E-state index contributed by atoms with van der Waals surface area (Å²) < 4.78 is 18.7. The summed E-state index contributed by atoms with van der Waals surface area (Å²) in [7, 11) is 1.58. The molecule has 5 heteroatoms. The molecule has 0 saturated carbocycles. The molecule has 1 unspecified atom stereocenters. The van der Waals surface area contributed by atoms with Gasteiger partial charge in [-0.3, -0.25) is 5.84 Å². The van der Waals surface area contributed by atoms with E-state index in [0.717, 1.165) is 5.56 Å². The van der Waals surface area contributed by atoms with E-state index in [0.29, 0.717) is 11.3 Å². The molecule has 2 rings (SSSR count). The molecular formula is C14H14ClFN2O. The van der Waals surface area contributed by atoms with Gasteiger partial charge in [-0.05, 0) is 29.3 Å². The van der Waals surface area contributed by atoms with Crippen molar-refractivity contribution in [2.75, 3.05) is 7.11 Å². The summed E-state index contributed by atoms with van der Waals surface area (Å²) in [6, 6.07) is 11.6. The van der Waals surface area contributed by atoms with Gasteiger partial charge in [0.15, 0.2) is 0 Å². The minimum Gasteiger partial charge on any atom is -0.497 e. The summed E-state index contributed by atoms with van der Waals surface area (Å²) in [5.74, 6) is 5.80. The van der Waals surface area contributed by atoms with Gasteiger partial charge in [0.05, 0.1) is 18.2 Å². The highest BCUT2D eigenvalue weighted by molar-refractivity contribution is 6.31. The van der Waals surface area contributed by atoms with Crippen molar-refractivity contribution in [2.45, 2.75) is 6.04 Å². The molecular weight excluding hydrogens is 267 g/mol. The number of hydrazine groups is 1. The second-order valence-electron chi connectivity index (χ2n) is 4.02. The van der Waals surface area contributed by atoms with Crippen LogP contribution in [0.25, 0.3) is 0 Å². The predicted octanol–water partition coefficient (Wildman–Crippen LogP) is 3.04. The van der Waals surface area contributed by atoms with Crippen molar-refractivity contribution in [1.29, 1.82) is 0 Å². The van der Waals surface area contributed by atoms with Gasteiger partial charge in [0.2, 0.25) is 0 Å². The number of methoxy groups -OCH3 is 1. The molecule has 0 aliphatic carbocycles. The Morgan fingerprint density at radius 3 is 2.68 bits per heavy atom. The maximum atomic E-state index is 13.5. The van der Waals surface area contributed by atoms with Gasteiger partial charge in [-0.1, -0.05) is 35.9 Å². The summed E-state index contributed by atoms with van der Waals surface area (Å²) in [5, 5.41) is 0.0632. The fourth-order valence-electron chi connectivity index (χ4n) is 1.93. The quantitative estimate of drug-likeness (QED) is 0.668. The smallest absolute Gasteiger partial charge is 0.142 e. The Labute approximate surface area is 116 Å². The van der Waals surface area contributed by atoms with Crippen LogP contribution in [0.4, 0.5) is 4.39 Å². The number of benzene rings is 2. The molecule has 19 heavy (non-hydrogen) atoms. The van der Waals surface area contributed by atoms with Crippen molar-refractivity contribution in [3.8, 4) is 5.75 Å². The first-order valence-corrected chi connectivity index (χ1v) is 6.09. The van der Waals surface area contributed by atoms with Gasteiger partial charge in [-0.15, -0.1) is 0 Å². The highest BCUT2D eigenvalue weighted by Crippen LogP contribution is 2.30. The first-order valence-electron chi connectivity index (χ1n) is 5.71. The summed E-state index contributed by atoms with van der Waals surface area (Å²) in [6.45, 7) is 0. The second-order valence-corrected chi connectivity index (χ2v) is 4.40. The number of hydrogen-bond donors (Lipinski definition) is 2. The molecule has 0 saturated heterocycles. The van der Waals surface area contributed by atoms with Crippen LogP contribution < -0.4 is 16.0 Å².